The second-order valence-electron chi connectivity index (χ2n) is 4.27. The minimum Gasteiger partial charge on any atom is -0.465 e. The SMILES string of the molecule is COC(=O)c1c(NC(=O)c2cccnc2F)sc(C)c1C. The van der Waals surface area contributed by atoms with E-state index < -0.39 is 17.8 Å². The van der Waals surface area contributed by atoms with Crippen LogP contribution in [0.25, 0.3) is 0 Å². The topological polar surface area (TPSA) is 68.3 Å². The highest BCUT2D eigenvalue weighted by molar-refractivity contribution is 7.16. The van der Waals surface area contributed by atoms with Crippen LogP contribution in [0, 0.1) is 19.8 Å². The van der Waals surface area contributed by atoms with Crippen LogP contribution >= 0.6 is 11.3 Å². The van der Waals surface area contributed by atoms with Crippen LogP contribution in [-0.4, -0.2) is 24.0 Å². The van der Waals surface area contributed by atoms with Gasteiger partial charge in [0.2, 0.25) is 5.95 Å². The van der Waals surface area contributed by atoms with E-state index in [4.69, 9.17) is 4.74 Å². The Morgan fingerprint density at radius 2 is 2.10 bits per heavy atom. The Balaban J connectivity index is 2.36. The highest BCUT2D eigenvalue weighted by atomic mass is 32.1. The summed E-state index contributed by atoms with van der Waals surface area (Å²) in [4.78, 5) is 28.2. The molecular formula is C14H13FN2O3S. The number of pyridine rings is 1. The number of amides is 1. The number of aromatic nitrogens is 1. The van der Waals surface area contributed by atoms with E-state index >= 15 is 0 Å². The molecule has 0 fully saturated rings. The molecule has 1 N–H and O–H groups in total. The first-order valence-corrected chi connectivity index (χ1v) is 6.87. The Hall–Kier alpha value is -2.28. The van der Waals surface area contributed by atoms with Gasteiger partial charge in [0.15, 0.2) is 0 Å². The van der Waals surface area contributed by atoms with Gasteiger partial charge in [-0.15, -0.1) is 11.3 Å². The van der Waals surface area contributed by atoms with Crippen molar-refractivity contribution in [3.63, 3.8) is 0 Å². The molecule has 21 heavy (non-hydrogen) atoms. The maximum Gasteiger partial charge on any atom is 0.341 e. The summed E-state index contributed by atoms with van der Waals surface area (Å²) in [6.07, 6.45) is 1.26. The van der Waals surface area contributed by atoms with Crippen LogP contribution in [0.4, 0.5) is 9.39 Å². The Morgan fingerprint density at radius 3 is 2.71 bits per heavy atom. The summed E-state index contributed by atoms with van der Waals surface area (Å²) in [5, 5.41) is 2.88. The Bertz CT molecular complexity index is 712. The van der Waals surface area contributed by atoms with Gasteiger partial charge in [0.25, 0.3) is 5.91 Å². The molecule has 0 saturated carbocycles. The lowest BCUT2D eigenvalue weighted by molar-refractivity contribution is 0.0601. The van der Waals surface area contributed by atoms with E-state index in [0.717, 1.165) is 10.4 Å². The molecule has 0 aromatic carbocycles. The molecule has 0 bridgehead atoms. The van der Waals surface area contributed by atoms with Crippen LogP contribution in [0.15, 0.2) is 18.3 Å². The van der Waals surface area contributed by atoms with E-state index in [0.29, 0.717) is 5.00 Å². The molecule has 0 atom stereocenters. The zero-order chi connectivity index (χ0) is 15.6. The molecule has 110 valence electrons. The molecular weight excluding hydrogens is 295 g/mol. The number of nitrogens with zero attached hydrogens (tertiary/aromatic N) is 1. The average molecular weight is 308 g/mol. The Kier molecular flexibility index (Phi) is 4.32. The number of anilines is 1. The molecule has 0 aliphatic heterocycles. The van der Waals surface area contributed by atoms with E-state index in [1.165, 1.54) is 36.8 Å². The van der Waals surface area contributed by atoms with E-state index in [9.17, 15) is 14.0 Å². The van der Waals surface area contributed by atoms with Crippen molar-refractivity contribution < 1.29 is 18.7 Å². The van der Waals surface area contributed by atoms with Crippen LogP contribution in [0.1, 0.15) is 31.2 Å². The highest BCUT2D eigenvalue weighted by Crippen LogP contribution is 2.33. The smallest absolute Gasteiger partial charge is 0.341 e. The zero-order valence-corrected chi connectivity index (χ0v) is 12.5. The first-order chi connectivity index (χ1) is 9.95. The van der Waals surface area contributed by atoms with Crippen LogP contribution in [0.2, 0.25) is 0 Å². The summed E-state index contributed by atoms with van der Waals surface area (Å²) >= 11 is 1.24. The second-order valence-corrected chi connectivity index (χ2v) is 5.50. The second kappa shape index (κ2) is 6.01. The first kappa shape index (κ1) is 15.1. The monoisotopic (exact) mass is 308 g/mol. The van der Waals surface area contributed by atoms with E-state index in [1.54, 1.807) is 6.92 Å². The number of carbonyl (C=O) groups is 2. The van der Waals surface area contributed by atoms with Gasteiger partial charge >= 0.3 is 5.97 Å². The van der Waals surface area contributed by atoms with E-state index in [2.05, 4.69) is 10.3 Å². The van der Waals surface area contributed by atoms with Crippen LogP contribution in [0.3, 0.4) is 0 Å². The van der Waals surface area contributed by atoms with Gasteiger partial charge in [-0.05, 0) is 31.5 Å². The molecule has 0 radical (unpaired) electrons. The minimum atomic E-state index is -0.861. The fourth-order valence-electron chi connectivity index (χ4n) is 1.79. The number of esters is 1. The van der Waals surface area contributed by atoms with Crippen LogP contribution < -0.4 is 5.32 Å². The van der Waals surface area contributed by atoms with Crippen molar-refractivity contribution in [2.75, 3.05) is 12.4 Å². The van der Waals surface area contributed by atoms with E-state index in [1.807, 2.05) is 6.92 Å². The standard InChI is InChI=1S/C14H13FN2O3S/c1-7-8(2)21-13(10(7)14(19)20-3)17-12(18)9-5-4-6-16-11(9)15/h4-6H,1-3H3,(H,17,18). The third-order valence-electron chi connectivity index (χ3n) is 3.01. The maximum absolute atomic E-state index is 13.5. The number of ether oxygens (including phenoxy) is 1. The summed E-state index contributed by atoms with van der Waals surface area (Å²) in [6.45, 7) is 3.59. The molecule has 0 aliphatic carbocycles. The van der Waals surface area contributed by atoms with Crippen molar-refractivity contribution in [3.05, 3.63) is 45.8 Å². The van der Waals surface area contributed by atoms with Gasteiger partial charge < -0.3 is 10.1 Å². The van der Waals surface area contributed by atoms with Crippen molar-refractivity contribution in [1.29, 1.82) is 0 Å². The van der Waals surface area contributed by atoms with Crippen molar-refractivity contribution >= 4 is 28.2 Å². The van der Waals surface area contributed by atoms with Gasteiger partial charge in [-0.25, -0.2) is 9.78 Å². The normalized spacial score (nSPS) is 10.3. The number of rotatable bonds is 3. The van der Waals surface area contributed by atoms with Crippen LogP contribution in [0.5, 0.6) is 0 Å². The molecule has 2 aromatic rings. The fourth-order valence-corrected chi connectivity index (χ4v) is 2.83. The number of halogens is 1. The third kappa shape index (κ3) is 2.92. The molecule has 0 saturated heterocycles. The van der Waals surface area contributed by atoms with Gasteiger partial charge in [-0.2, -0.15) is 4.39 Å². The average Bonchev–Trinajstić information content (AvgIpc) is 2.73. The quantitative estimate of drug-likeness (QED) is 0.699. The molecule has 1 amide bonds. The number of hydrogen-bond donors (Lipinski definition) is 1. The highest BCUT2D eigenvalue weighted by Gasteiger charge is 2.22. The lowest BCUT2D eigenvalue weighted by Gasteiger charge is -2.06. The molecule has 2 heterocycles. The number of aryl methyl sites for hydroxylation is 1. The molecule has 0 spiro atoms. The predicted octanol–water partition coefficient (Wildman–Crippen LogP) is 2.94. The number of hydrogen-bond acceptors (Lipinski definition) is 5. The molecule has 2 aromatic heterocycles. The summed E-state index contributed by atoms with van der Waals surface area (Å²) in [7, 11) is 1.27. The number of nitrogens with one attached hydrogen (secondary N) is 1. The summed E-state index contributed by atoms with van der Waals surface area (Å²) in [6, 6.07) is 2.78. The van der Waals surface area contributed by atoms with Gasteiger partial charge in [-0.3, -0.25) is 4.79 Å². The largest absolute Gasteiger partial charge is 0.465 e. The molecule has 0 unspecified atom stereocenters. The Morgan fingerprint density at radius 1 is 1.38 bits per heavy atom. The van der Waals surface area contributed by atoms with Crippen molar-refractivity contribution in [2.24, 2.45) is 0 Å². The van der Waals surface area contributed by atoms with Gasteiger partial charge in [0, 0.05) is 11.1 Å². The van der Waals surface area contributed by atoms with Crippen molar-refractivity contribution in [2.45, 2.75) is 13.8 Å². The van der Waals surface area contributed by atoms with Gasteiger partial charge in [-0.1, -0.05) is 0 Å². The first-order valence-electron chi connectivity index (χ1n) is 6.05. The summed E-state index contributed by atoms with van der Waals surface area (Å²) < 4.78 is 18.2. The van der Waals surface area contributed by atoms with Gasteiger partial charge in [0.05, 0.1) is 18.2 Å². The maximum atomic E-state index is 13.5. The number of methoxy groups -OCH3 is 1. The summed E-state index contributed by atoms with van der Waals surface area (Å²) in [5.74, 6) is -2.06. The summed E-state index contributed by atoms with van der Waals surface area (Å²) in [5.41, 5.74) is 0.837. The Labute approximate surface area is 124 Å². The van der Waals surface area contributed by atoms with Crippen molar-refractivity contribution in [3.8, 4) is 0 Å². The molecule has 5 nitrogen and oxygen atoms in total. The minimum absolute atomic E-state index is 0.183. The number of carbonyl (C=O) groups excluding carboxylic acids is 2. The fraction of sp³-hybridized carbons (Fsp3) is 0.214. The molecule has 2 rings (SSSR count). The zero-order valence-electron chi connectivity index (χ0n) is 11.7. The van der Waals surface area contributed by atoms with Gasteiger partial charge in [0.1, 0.15) is 5.00 Å². The lowest BCUT2D eigenvalue weighted by atomic mass is 10.1. The third-order valence-corrected chi connectivity index (χ3v) is 4.13. The van der Waals surface area contributed by atoms with Crippen LogP contribution in [-0.2, 0) is 4.74 Å². The van der Waals surface area contributed by atoms with E-state index in [-0.39, 0.29) is 11.1 Å². The predicted molar refractivity (Wildman–Crippen MR) is 77.3 cm³/mol. The molecule has 7 heteroatoms. The lowest BCUT2D eigenvalue weighted by Crippen LogP contribution is -2.16. The number of thiophene rings is 1. The molecule has 0 aliphatic rings. The van der Waals surface area contributed by atoms with Crippen molar-refractivity contribution in [1.82, 2.24) is 4.98 Å².